The van der Waals surface area contributed by atoms with Crippen molar-refractivity contribution >= 4 is 24.0 Å². The SMILES string of the molecule is CN1CCNCC1c1noc(C2CC(=O)N(c3ccc4c(c3)OCCO4)C2)n1.Cl. The molecule has 1 aromatic carbocycles. The molecule has 2 atom stereocenters. The Bertz CT molecular complexity index is 891. The molecule has 3 aliphatic rings. The van der Waals surface area contributed by atoms with Gasteiger partial charge in [0.2, 0.25) is 11.8 Å². The number of piperazine rings is 1. The quantitative estimate of drug-likeness (QED) is 0.794. The van der Waals surface area contributed by atoms with Gasteiger partial charge >= 0.3 is 0 Å². The van der Waals surface area contributed by atoms with Crippen molar-refractivity contribution in [2.75, 3.05) is 51.3 Å². The highest BCUT2D eigenvalue weighted by atomic mass is 35.5. The molecular weight excluding hydrogens is 398 g/mol. The van der Waals surface area contributed by atoms with Gasteiger partial charge in [-0.2, -0.15) is 4.98 Å². The number of carbonyl (C=O) groups excluding carboxylic acids is 1. The lowest BCUT2D eigenvalue weighted by atomic mass is 10.1. The van der Waals surface area contributed by atoms with E-state index in [2.05, 4.69) is 27.4 Å². The Morgan fingerprint density at radius 1 is 1.21 bits per heavy atom. The number of amides is 1. The van der Waals surface area contributed by atoms with E-state index in [1.165, 1.54) is 0 Å². The van der Waals surface area contributed by atoms with Gasteiger partial charge in [0.25, 0.3) is 0 Å². The molecule has 4 heterocycles. The molecule has 0 spiro atoms. The van der Waals surface area contributed by atoms with Crippen LogP contribution in [0.15, 0.2) is 22.7 Å². The van der Waals surface area contributed by atoms with Crippen LogP contribution in [0.3, 0.4) is 0 Å². The van der Waals surface area contributed by atoms with Crippen molar-refractivity contribution < 1.29 is 18.8 Å². The van der Waals surface area contributed by atoms with E-state index in [4.69, 9.17) is 14.0 Å². The Labute approximate surface area is 174 Å². The molecule has 1 amide bonds. The van der Waals surface area contributed by atoms with Gasteiger partial charge in [-0.3, -0.25) is 9.69 Å². The van der Waals surface area contributed by atoms with Gasteiger partial charge < -0.3 is 24.2 Å². The number of hydrogen-bond acceptors (Lipinski definition) is 8. The van der Waals surface area contributed by atoms with E-state index in [0.29, 0.717) is 49.4 Å². The number of benzene rings is 1. The molecule has 2 fully saturated rings. The summed E-state index contributed by atoms with van der Waals surface area (Å²) in [5, 5.41) is 7.54. The third-order valence-electron chi connectivity index (χ3n) is 5.58. The molecule has 3 aliphatic heterocycles. The topological polar surface area (TPSA) is 93.0 Å². The fourth-order valence-corrected chi connectivity index (χ4v) is 3.97. The number of hydrogen-bond donors (Lipinski definition) is 1. The maximum absolute atomic E-state index is 12.6. The molecule has 2 unspecified atom stereocenters. The minimum atomic E-state index is -0.108. The summed E-state index contributed by atoms with van der Waals surface area (Å²) in [4.78, 5) is 21.2. The van der Waals surface area contributed by atoms with E-state index < -0.39 is 0 Å². The summed E-state index contributed by atoms with van der Waals surface area (Å²) in [6.07, 6.45) is 0.356. The van der Waals surface area contributed by atoms with Crippen LogP contribution >= 0.6 is 12.4 Å². The summed E-state index contributed by atoms with van der Waals surface area (Å²) >= 11 is 0. The van der Waals surface area contributed by atoms with Gasteiger partial charge in [0.05, 0.1) is 12.0 Å². The van der Waals surface area contributed by atoms with E-state index in [1.807, 2.05) is 18.2 Å². The van der Waals surface area contributed by atoms with Crippen LogP contribution in [-0.4, -0.2) is 67.4 Å². The van der Waals surface area contributed by atoms with Crippen molar-refractivity contribution in [3.63, 3.8) is 0 Å². The lowest BCUT2D eigenvalue weighted by Gasteiger charge is -2.30. The van der Waals surface area contributed by atoms with Crippen LogP contribution < -0.4 is 19.7 Å². The maximum atomic E-state index is 12.6. The first-order chi connectivity index (χ1) is 13.7. The average Bonchev–Trinajstić information content (AvgIpc) is 3.35. The molecule has 9 nitrogen and oxygen atoms in total. The highest BCUT2D eigenvalue weighted by Gasteiger charge is 2.36. The number of halogens is 1. The molecule has 2 saturated heterocycles. The highest BCUT2D eigenvalue weighted by Crippen LogP contribution is 2.37. The van der Waals surface area contributed by atoms with Crippen molar-refractivity contribution in [2.45, 2.75) is 18.4 Å². The molecule has 29 heavy (non-hydrogen) atoms. The summed E-state index contributed by atoms with van der Waals surface area (Å²) in [6.45, 7) is 4.26. The third-order valence-corrected chi connectivity index (χ3v) is 5.58. The number of ether oxygens (including phenoxy) is 2. The predicted molar refractivity (Wildman–Crippen MR) is 107 cm³/mol. The number of nitrogens with zero attached hydrogens (tertiary/aromatic N) is 4. The van der Waals surface area contributed by atoms with Crippen LogP contribution in [0.4, 0.5) is 5.69 Å². The van der Waals surface area contributed by atoms with Crippen molar-refractivity contribution in [2.24, 2.45) is 0 Å². The predicted octanol–water partition coefficient (Wildman–Crippen LogP) is 1.36. The Kier molecular flexibility index (Phi) is 5.62. The van der Waals surface area contributed by atoms with Crippen LogP contribution in [0.25, 0.3) is 0 Å². The van der Waals surface area contributed by atoms with Gasteiger partial charge in [-0.15, -0.1) is 12.4 Å². The molecule has 1 N–H and O–H groups in total. The zero-order valence-electron chi connectivity index (χ0n) is 16.2. The van der Waals surface area contributed by atoms with Gasteiger partial charge in [-0.1, -0.05) is 5.16 Å². The van der Waals surface area contributed by atoms with Gasteiger partial charge in [0.1, 0.15) is 13.2 Å². The first-order valence-electron chi connectivity index (χ1n) is 9.63. The first-order valence-corrected chi connectivity index (χ1v) is 9.63. The number of rotatable bonds is 3. The number of carbonyl (C=O) groups is 1. The van der Waals surface area contributed by atoms with Gasteiger partial charge in [-0.05, 0) is 19.2 Å². The van der Waals surface area contributed by atoms with E-state index in [9.17, 15) is 4.79 Å². The standard InChI is InChI=1S/C19H23N5O4.ClH/c1-23-5-4-20-10-14(23)18-21-19(28-22-18)12-8-17(25)24(11-12)13-2-3-15-16(9-13)27-7-6-26-15;/h2-3,9,12,14,20H,4-8,10-11H2,1H3;1H. The van der Waals surface area contributed by atoms with Crippen molar-refractivity contribution in [1.29, 1.82) is 0 Å². The van der Waals surface area contributed by atoms with Gasteiger partial charge in [0.15, 0.2) is 17.3 Å². The fourth-order valence-electron chi connectivity index (χ4n) is 3.97. The zero-order valence-corrected chi connectivity index (χ0v) is 17.0. The first kappa shape index (κ1) is 19.9. The molecule has 0 aliphatic carbocycles. The minimum Gasteiger partial charge on any atom is -0.486 e. The van der Waals surface area contributed by atoms with Gasteiger partial charge in [-0.25, -0.2) is 0 Å². The van der Waals surface area contributed by atoms with Gasteiger partial charge in [0, 0.05) is 44.4 Å². The van der Waals surface area contributed by atoms with Crippen LogP contribution in [0.5, 0.6) is 11.5 Å². The van der Waals surface area contributed by atoms with Crippen molar-refractivity contribution in [3.05, 3.63) is 29.9 Å². The molecule has 0 radical (unpaired) electrons. The molecule has 1 aromatic heterocycles. The van der Waals surface area contributed by atoms with E-state index in [1.54, 1.807) is 4.90 Å². The molecular formula is C19H24ClN5O4. The Morgan fingerprint density at radius 3 is 2.86 bits per heavy atom. The van der Waals surface area contributed by atoms with Crippen LogP contribution in [0, 0.1) is 0 Å². The summed E-state index contributed by atoms with van der Waals surface area (Å²) in [7, 11) is 2.06. The number of nitrogens with one attached hydrogen (secondary N) is 1. The monoisotopic (exact) mass is 421 g/mol. The lowest BCUT2D eigenvalue weighted by molar-refractivity contribution is -0.117. The van der Waals surface area contributed by atoms with Crippen LogP contribution in [0.1, 0.15) is 30.1 Å². The molecule has 0 bridgehead atoms. The minimum absolute atomic E-state index is 0. The van der Waals surface area contributed by atoms with E-state index >= 15 is 0 Å². The second-order valence-corrected chi connectivity index (χ2v) is 7.42. The summed E-state index contributed by atoms with van der Waals surface area (Å²) in [6, 6.07) is 5.69. The molecule has 5 rings (SSSR count). The second kappa shape index (κ2) is 8.17. The second-order valence-electron chi connectivity index (χ2n) is 7.42. The maximum Gasteiger partial charge on any atom is 0.232 e. The number of aromatic nitrogens is 2. The zero-order chi connectivity index (χ0) is 19.1. The van der Waals surface area contributed by atoms with E-state index in [0.717, 1.165) is 25.3 Å². The average molecular weight is 422 g/mol. The summed E-state index contributed by atoms with van der Waals surface area (Å²) < 4.78 is 16.7. The smallest absolute Gasteiger partial charge is 0.232 e. The summed E-state index contributed by atoms with van der Waals surface area (Å²) in [5.74, 6) is 2.52. The highest BCUT2D eigenvalue weighted by molar-refractivity contribution is 5.96. The number of likely N-dealkylation sites (N-methyl/N-ethyl adjacent to an activating group) is 1. The Morgan fingerprint density at radius 2 is 2.03 bits per heavy atom. The normalized spacial score (nSPS) is 24.4. The number of fused-ring (bicyclic) bond motifs is 1. The van der Waals surface area contributed by atoms with Crippen molar-refractivity contribution in [1.82, 2.24) is 20.4 Å². The molecule has 0 saturated carbocycles. The Hall–Kier alpha value is -2.36. The third kappa shape index (κ3) is 3.77. The van der Waals surface area contributed by atoms with Crippen LogP contribution in [0.2, 0.25) is 0 Å². The molecule has 10 heteroatoms. The number of anilines is 1. The Balaban J connectivity index is 0.00000205. The molecule has 156 valence electrons. The summed E-state index contributed by atoms with van der Waals surface area (Å²) in [5.41, 5.74) is 0.799. The van der Waals surface area contributed by atoms with E-state index in [-0.39, 0.29) is 30.3 Å². The molecule has 2 aromatic rings. The lowest BCUT2D eigenvalue weighted by Crippen LogP contribution is -2.44. The fraction of sp³-hybridized carbons (Fsp3) is 0.526. The van der Waals surface area contributed by atoms with Crippen molar-refractivity contribution in [3.8, 4) is 11.5 Å². The largest absolute Gasteiger partial charge is 0.486 e. The van der Waals surface area contributed by atoms with Crippen LogP contribution in [-0.2, 0) is 4.79 Å².